The third-order valence-electron chi connectivity index (χ3n) is 10.3. The van der Waals surface area contributed by atoms with Gasteiger partial charge < -0.3 is 5.11 Å². The predicted octanol–water partition coefficient (Wildman–Crippen LogP) is 12.5. The summed E-state index contributed by atoms with van der Waals surface area (Å²) < 4.78 is 2.73. The summed E-state index contributed by atoms with van der Waals surface area (Å²) in [6, 6.07) is 21.5. The summed E-state index contributed by atoms with van der Waals surface area (Å²) in [5.74, 6) is 0.547. The van der Waals surface area contributed by atoms with Gasteiger partial charge in [0, 0.05) is 64.7 Å². The number of hydrogen-bond donors (Lipinski definition) is 1. The van der Waals surface area contributed by atoms with Crippen molar-refractivity contribution in [1.82, 2.24) is 4.98 Å². The van der Waals surface area contributed by atoms with E-state index in [4.69, 9.17) is 4.98 Å². The first kappa shape index (κ1) is 38.0. The van der Waals surface area contributed by atoms with Gasteiger partial charge in [0.25, 0.3) is 0 Å². The molecule has 1 radical (unpaired) electrons. The first-order chi connectivity index (χ1) is 22.3. The molecule has 0 amide bonds. The van der Waals surface area contributed by atoms with E-state index >= 15 is 0 Å². The molecule has 0 atom stereocenters. The van der Waals surface area contributed by atoms with Gasteiger partial charge in [0.2, 0.25) is 0 Å². The Morgan fingerprint density at radius 3 is 2.23 bits per heavy atom. The molecule has 257 valence electrons. The van der Waals surface area contributed by atoms with Crippen molar-refractivity contribution < 1.29 is 30.0 Å². The van der Waals surface area contributed by atoms with Crippen molar-refractivity contribution in [2.45, 2.75) is 112 Å². The summed E-state index contributed by atoms with van der Waals surface area (Å²) in [4.78, 5) is 16.6. The van der Waals surface area contributed by atoms with Crippen LogP contribution in [-0.4, -0.2) is 15.9 Å². The van der Waals surface area contributed by atoms with Crippen molar-refractivity contribution in [3.05, 3.63) is 89.3 Å². The molecule has 1 N–H and O–H groups in total. The summed E-state index contributed by atoms with van der Waals surface area (Å²) >= 11 is 1.93. The summed E-state index contributed by atoms with van der Waals surface area (Å²) in [6.45, 7) is 19.7. The van der Waals surface area contributed by atoms with Gasteiger partial charge in [0.15, 0.2) is 5.78 Å². The molecule has 0 spiro atoms. The van der Waals surface area contributed by atoms with Crippen LogP contribution in [0.15, 0.2) is 66.6 Å². The number of pyridine rings is 1. The molecule has 0 unspecified atom stereocenters. The SMILES string of the molecule is CC(C)(C)c1cc(-c2nccc3c2sc2c4c(ccc23)CCC4(C)C)[c-]c2ccccc12.CCC(CC)C(=O)/C=C(\O)C(CC)CC.[Ir]. The van der Waals surface area contributed by atoms with Gasteiger partial charge in [0.05, 0.1) is 5.76 Å². The second kappa shape index (κ2) is 15.4. The minimum absolute atomic E-state index is 0. The second-order valence-electron chi connectivity index (χ2n) is 14.9. The maximum Gasteiger partial charge on any atom is 0.162 e. The molecule has 2 aromatic heterocycles. The Balaban J connectivity index is 0.000000279. The van der Waals surface area contributed by atoms with E-state index in [1.165, 1.54) is 55.6 Å². The molecule has 5 heteroatoms. The molecule has 0 saturated carbocycles. The Bertz CT molecular complexity index is 1940. The Morgan fingerprint density at radius 1 is 0.938 bits per heavy atom. The van der Waals surface area contributed by atoms with E-state index in [0.717, 1.165) is 42.3 Å². The van der Waals surface area contributed by atoms with Gasteiger partial charge in [-0.3, -0.25) is 9.78 Å². The van der Waals surface area contributed by atoms with Crippen LogP contribution in [0.5, 0.6) is 0 Å². The number of nitrogens with zero attached hydrogens (tertiary/aromatic N) is 1. The fourth-order valence-corrected chi connectivity index (χ4v) is 8.83. The quantitative estimate of drug-likeness (QED) is 0.0962. The summed E-state index contributed by atoms with van der Waals surface area (Å²) in [6.07, 6.45) is 9.30. The average Bonchev–Trinajstić information content (AvgIpc) is 3.58. The minimum Gasteiger partial charge on any atom is -0.512 e. The number of ketones is 1. The van der Waals surface area contributed by atoms with Crippen LogP contribution in [0, 0.1) is 17.9 Å². The van der Waals surface area contributed by atoms with Gasteiger partial charge in [-0.05, 0) is 71.9 Å². The van der Waals surface area contributed by atoms with Crippen LogP contribution >= 0.6 is 11.3 Å². The second-order valence-corrected chi connectivity index (χ2v) is 15.9. The number of carbonyl (C=O) groups is 1. The summed E-state index contributed by atoms with van der Waals surface area (Å²) in [5.41, 5.74) is 6.87. The van der Waals surface area contributed by atoms with Crippen LogP contribution in [0.4, 0.5) is 0 Å². The zero-order chi connectivity index (χ0) is 34.1. The van der Waals surface area contributed by atoms with E-state index < -0.39 is 0 Å². The molecule has 3 aromatic carbocycles. The van der Waals surface area contributed by atoms with Crippen molar-refractivity contribution in [3.8, 4) is 11.3 Å². The van der Waals surface area contributed by atoms with Gasteiger partial charge in [-0.2, -0.15) is 0 Å². The number of thiophene rings is 1. The van der Waals surface area contributed by atoms with Gasteiger partial charge >= 0.3 is 0 Å². The van der Waals surface area contributed by atoms with Crippen molar-refractivity contribution in [2.24, 2.45) is 11.8 Å². The monoisotopic (exact) mass is 839 g/mol. The smallest absolute Gasteiger partial charge is 0.162 e. The fraction of sp³-hybridized carbons (Fsp3) is 0.442. The first-order valence-electron chi connectivity index (χ1n) is 17.6. The summed E-state index contributed by atoms with van der Waals surface area (Å²) in [5, 5.41) is 14.9. The first-order valence-corrected chi connectivity index (χ1v) is 18.4. The van der Waals surface area contributed by atoms with Gasteiger partial charge in [-0.25, -0.2) is 0 Å². The molecule has 0 saturated heterocycles. The normalized spacial score (nSPS) is 14.4. The molecular weight excluding hydrogens is 787 g/mol. The van der Waals surface area contributed by atoms with E-state index in [1.54, 1.807) is 5.56 Å². The zero-order valence-electron chi connectivity index (χ0n) is 30.2. The number of aromatic nitrogens is 1. The Hall–Kier alpha value is -2.85. The van der Waals surface area contributed by atoms with Gasteiger partial charge in [-0.15, -0.1) is 40.5 Å². The Morgan fingerprint density at radius 2 is 1.58 bits per heavy atom. The standard InChI is InChI=1S/C30H28NS.C13H24O2.Ir/c1-29(2,3)24-17-20(16-19-8-6-7-9-21(19)24)26-28-23(13-15-31-26)22-11-10-18-12-14-30(4,5)25(18)27(22)32-28;1-5-10(6-2)12(14)9-13(15)11(7-3)8-4;/h6-11,13,15,17H,12,14H2,1-5H3;9-11,14H,5-8H2,1-4H3;/q-1;;/b;12-9-;. The third kappa shape index (κ3) is 7.49. The van der Waals surface area contributed by atoms with Crippen molar-refractivity contribution in [2.75, 3.05) is 0 Å². The number of rotatable bonds is 8. The van der Waals surface area contributed by atoms with Gasteiger partial charge in [0.1, 0.15) is 0 Å². The number of fused-ring (bicyclic) bond motifs is 6. The molecule has 0 fully saturated rings. The molecule has 6 rings (SSSR count). The predicted molar refractivity (Wildman–Crippen MR) is 203 cm³/mol. The van der Waals surface area contributed by atoms with Crippen LogP contribution in [0.3, 0.4) is 0 Å². The largest absolute Gasteiger partial charge is 0.512 e. The van der Waals surface area contributed by atoms with Crippen LogP contribution in [0.25, 0.3) is 42.2 Å². The number of aryl methyl sites for hydroxylation is 1. The molecular formula is C43H52IrNO2S-. The topological polar surface area (TPSA) is 50.2 Å². The van der Waals surface area contributed by atoms with E-state index in [1.807, 2.05) is 45.2 Å². The molecule has 0 aliphatic heterocycles. The Labute approximate surface area is 305 Å². The number of carbonyl (C=O) groups excluding carboxylic acids is 1. The minimum atomic E-state index is 0. The zero-order valence-corrected chi connectivity index (χ0v) is 33.4. The number of hydrogen-bond acceptors (Lipinski definition) is 4. The van der Waals surface area contributed by atoms with E-state index in [-0.39, 0.29) is 54.3 Å². The molecule has 1 aliphatic carbocycles. The number of benzene rings is 3. The molecule has 48 heavy (non-hydrogen) atoms. The molecule has 5 aromatic rings. The molecule has 0 bridgehead atoms. The van der Waals surface area contributed by atoms with Crippen LogP contribution in [-0.2, 0) is 42.2 Å². The molecule has 3 nitrogen and oxygen atoms in total. The molecule has 1 aliphatic rings. The van der Waals surface area contributed by atoms with E-state index in [2.05, 4.69) is 89.2 Å². The fourth-order valence-electron chi connectivity index (χ4n) is 7.28. The van der Waals surface area contributed by atoms with Crippen molar-refractivity contribution in [1.29, 1.82) is 0 Å². The van der Waals surface area contributed by atoms with Crippen LogP contribution in [0.1, 0.15) is 111 Å². The maximum absolute atomic E-state index is 11.7. The number of allylic oxidation sites excluding steroid dienone is 2. The third-order valence-corrected chi connectivity index (χ3v) is 11.5. The van der Waals surface area contributed by atoms with E-state index in [9.17, 15) is 9.90 Å². The molecule has 2 heterocycles. The average molecular weight is 839 g/mol. The van der Waals surface area contributed by atoms with Crippen molar-refractivity contribution in [3.63, 3.8) is 0 Å². The van der Waals surface area contributed by atoms with E-state index in [0.29, 0.717) is 0 Å². The van der Waals surface area contributed by atoms with Gasteiger partial charge in [-0.1, -0.05) is 104 Å². The van der Waals surface area contributed by atoms with Crippen molar-refractivity contribution >= 4 is 48.1 Å². The van der Waals surface area contributed by atoms with Crippen LogP contribution in [0.2, 0.25) is 0 Å². The maximum atomic E-state index is 11.7. The number of aliphatic hydroxyl groups excluding tert-OH is 1. The number of aliphatic hydroxyl groups is 1. The van der Waals surface area contributed by atoms with Crippen LogP contribution < -0.4 is 0 Å². The Kier molecular flexibility index (Phi) is 12.1. The summed E-state index contributed by atoms with van der Waals surface area (Å²) in [7, 11) is 0.